The summed E-state index contributed by atoms with van der Waals surface area (Å²) in [6.45, 7) is -1.03. The maximum Gasteiger partial charge on any atom is 0.326 e. The van der Waals surface area contributed by atoms with Gasteiger partial charge in [0.25, 0.3) is 11.8 Å². The first-order valence-corrected chi connectivity index (χ1v) is 9.73. The number of esters is 1. The van der Waals surface area contributed by atoms with E-state index in [0.717, 1.165) is 9.80 Å². The molecule has 3 amide bonds. The van der Waals surface area contributed by atoms with Crippen LogP contribution in [0.3, 0.4) is 0 Å². The van der Waals surface area contributed by atoms with E-state index in [1.165, 1.54) is 11.8 Å². The number of amides is 3. The monoisotopic (exact) mass is 398 g/mol. The molecule has 0 spiro atoms. The summed E-state index contributed by atoms with van der Waals surface area (Å²) in [5.41, 5.74) is 1.64. The van der Waals surface area contributed by atoms with Gasteiger partial charge in [-0.2, -0.15) is 0 Å². The van der Waals surface area contributed by atoms with Crippen molar-refractivity contribution >= 4 is 41.1 Å². The van der Waals surface area contributed by atoms with Gasteiger partial charge in [0, 0.05) is 10.5 Å². The van der Waals surface area contributed by atoms with Gasteiger partial charge in [-0.25, -0.2) is 0 Å². The Labute approximate surface area is 166 Å². The fourth-order valence-electron chi connectivity index (χ4n) is 2.82. The average Bonchev–Trinajstić information content (AvgIpc) is 2.70. The summed E-state index contributed by atoms with van der Waals surface area (Å²) >= 11 is 1.48. The van der Waals surface area contributed by atoms with E-state index < -0.39 is 36.8 Å². The summed E-state index contributed by atoms with van der Waals surface area (Å²) in [6.07, 6.45) is 1.93. The van der Waals surface area contributed by atoms with E-state index in [1.807, 2.05) is 18.4 Å². The lowest BCUT2D eigenvalue weighted by Crippen LogP contribution is -2.45. The third-order valence-corrected chi connectivity index (χ3v) is 4.96. The van der Waals surface area contributed by atoms with Crippen molar-refractivity contribution in [3.05, 3.63) is 59.7 Å². The number of fused-ring (bicyclic) bond motifs is 1. The van der Waals surface area contributed by atoms with Crippen molar-refractivity contribution in [2.24, 2.45) is 0 Å². The van der Waals surface area contributed by atoms with Crippen molar-refractivity contribution in [3.8, 4) is 0 Å². The highest BCUT2D eigenvalue weighted by Gasteiger charge is 2.32. The minimum atomic E-state index is -0.825. The van der Waals surface area contributed by atoms with E-state index in [9.17, 15) is 19.2 Å². The van der Waals surface area contributed by atoms with Crippen LogP contribution in [0.25, 0.3) is 0 Å². The second-order valence-electron chi connectivity index (χ2n) is 6.03. The van der Waals surface area contributed by atoms with Crippen LogP contribution in [0.4, 0.5) is 5.69 Å². The molecule has 1 heterocycles. The molecular formula is C20H18N2O5S. The molecule has 0 aliphatic carbocycles. The molecule has 1 aliphatic heterocycles. The molecule has 0 unspecified atom stereocenters. The second kappa shape index (κ2) is 8.71. The number of hydrogen-bond donors (Lipinski definition) is 1. The smallest absolute Gasteiger partial charge is 0.326 e. The van der Waals surface area contributed by atoms with E-state index in [0.29, 0.717) is 16.8 Å². The van der Waals surface area contributed by atoms with Gasteiger partial charge < -0.3 is 10.1 Å². The molecule has 7 nitrogen and oxygen atoms in total. The fourth-order valence-corrected chi connectivity index (χ4v) is 3.37. The van der Waals surface area contributed by atoms with E-state index in [-0.39, 0.29) is 6.42 Å². The minimum Gasteiger partial charge on any atom is -0.454 e. The Kier molecular flexibility index (Phi) is 6.10. The number of benzene rings is 2. The summed E-state index contributed by atoms with van der Waals surface area (Å²) in [5, 5.41) is 2.67. The summed E-state index contributed by atoms with van der Waals surface area (Å²) in [7, 11) is 0. The normalized spacial score (nSPS) is 13.1. The highest BCUT2D eigenvalue weighted by atomic mass is 32.2. The number of thioether (sulfide) groups is 1. The van der Waals surface area contributed by atoms with Crippen molar-refractivity contribution < 1.29 is 23.9 Å². The van der Waals surface area contributed by atoms with Gasteiger partial charge in [-0.05, 0) is 30.0 Å². The Morgan fingerprint density at radius 1 is 1.11 bits per heavy atom. The number of rotatable bonds is 6. The lowest BCUT2D eigenvalue weighted by molar-refractivity contribution is -0.150. The molecule has 1 aliphatic rings. The molecule has 0 saturated carbocycles. The number of nitrogens with one attached hydrogen (secondary N) is 1. The highest BCUT2D eigenvalue weighted by molar-refractivity contribution is 7.98. The van der Waals surface area contributed by atoms with E-state index in [1.54, 1.807) is 36.4 Å². The predicted octanol–water partition coefficient (Wildman–Crippen LogP) is 2.12. The van der Waals surface area contributed by atoms with Crippen LogP contribution >= 0.6 is 11.8 Å². The zero-order valence-corrected chi connectivity index (χ0v) is 16.0. The van der Waals surface area contributed by atoms with Gasteiger partial charge in [-0.3, -0.25) is 24.1 Å². The molecule has 2 aromatic rings. The van der Waals surface area contributed by atoms with E-state index in [4.69, 9.17) is 4.74 Å². The molecule has 1 N–H and O–H groups in total. The number of para-hydroxylation sites is 1. The average molecular weight is 398 g/mol. The lowest BCUT2D eigenvalue weighted by atomic mass is 9.98. The van der Waals surface area contributed by atoms with Gasteiger partial charge in [-0.15, -0.1) is 11.8 Å². The quantitative estimate of drug-likeness (QED) is 0.455. The molecule has 0 bridgehead atoms. The molecule has 144 valence electrons. The third kappa shape index (κ3) is 4.40. The Morgan fingerprint density at radius 3 is 2.61 bits per heavy atom. The first kappa shape index (κ1) is 19.6. The summed E-state index contributed by atoms with van der Waals surface area (Å²) in [4.78, 5) is 50.4. The van der Waals surface area contributed by atoms with E-state index >= 15 is 0 Å². The van der Waals surface area contributed by atoms with Gasteiger partial charge in [0.05, 0.1) is 12.1 Å². The topological polar surface area (TPSA) is 92.8 Å². The van der Waals surface area contributed by atoms with Crippen molar-refractivity contribution in [2.45, 2.75) is 11.3 Å². The summed E-state index contributed by atoms with van der Waals surface area (Å²) in [6, 6.07) is 14.0. The molecule has 0 radical (unpaired) electrons. The maximum atomic E-state index is 12.4. The van der Waals surface area contributed by atoms with Crippen molar-refractivity contribution in [3.63, 3.8) is 0 Å². The van der Waals surface area contributed by atoms with Crippen LogP contribution in [-0.2, 0) is 25.5 Å². The Hall–Kier alpha value is -3.13. The van der Waals surface area contributed by atoms with Gasteiger partial charge in [0.1, 0.15) is 6.54 Å². The van der Waals surface area contributed by atoms with Crippen LogP contribution in [0, 0.1) is 0 Å². The zero-order valence-electron chi connectivity index (χ0n) is 15.1. The number of nitrogens with zero attached hydrogens (tertiary/aromatic N) is 1. The standard InChI is InChI=1S/C20H18N2O5S/c1-28-16-9-5-4-8-15(16)21-17(23)12-27-19(25)11-22-18(24)10-13-6-2-3-7-14(13)20(22)26/h2-9H,10-12H2,1H3,(H,21,23). The van der Waals surface area contributed by atoms with Crippen LogP contribution in [0.5, 0.6) is 0 Å². The van der Waals surface area contributed by atoms with Crippen LogP contribution < -0.4 is 5.32 Å². The van der Waals surface area contributed by atoms with Crippen molar-refractivity contribution in [1.29, 1.82) is 0 Å². The molecule has 0 fully saturated rings. The molecule has 28 heavy (non-hydrogen) atoms. The number of ether oxygens (including phenoxy) is 1. The van der Waals surface area contributed by atoms with Crippen LogP contribution in [0.1, 0.15) is 15.9 Å². The SMILES string of the molecule is CSc1ccccc1NC(=O)COC(=O)CN1C(=O)Cc2ccccc2C1=O. The first-order valence-electron chi connectivity index (χ1n) is 8.50. The fraction of sp³-hybridized carbons (Fsp3) is 0.200. The lowest BCUT2D eigenvalue weighted by Gasteiger charge is -2.25. The zero-order chi connectivity index (χ0) is 20.1. The first-order chi connectivity index (χ1) is 13.5. The molecule has 0 atom stereocenters. The van der Waals surface area contributed by atoms with Crippen LogP contribution in [0.15, 0.2) is 53.4 Å². The Bertz CT molecular complexity index is 944. The minimum absolute atomic E-state index is 0.0428. The van der Waals surface area contributed by atoms with Crippen molar-refractivity contribution in [2.75, 3.05) is 24.7 Å². The number of carbonyl (C=O) groups excluding carboxylic acids is 4. The molecule has 8 heteroatoms. The number of imide groups is 1. The number of hydrogen-bond acceptors (Lipinski definition) is 6. The predicted molar refractivity (Wildman–Crippen MR) is 104 cm³/mol. The molecule has 3 rings (SSSR count). The summed E-state index contributed by atoms with van der Waals surface area (Å²) < 4.78 is 4.93. The maximum absolute atomic E-state index is 12.4. The Balaban J connectivity index is 1.55. The number of carbonyl (C=O) groups is 4. The molecule has 0 aromatic heterocycles. The van der Waals surface area contributed by atoms with Crippen molar-refractivity contribution in [1.82, 2.24) is 4.90 Å². The molecule has 2 aromatic carbocycles. The van der Waals surface area contributed by atoms with Gasteiger partial charge in [0.2, 0.25) is 5.91 Å². The largest absolute Gasteiger partial charge is 0.454 e. The summed E-state index contributed by atoms with van der Waals surface area (Å²) in [5.74, 6) is -2.34. The van der Waals surface area contributed by atoms with E-state index in [2.05, 4.69) is 5.32 Å². The highest BCUT2D eigenvalue weighted by Crippen LogP contribution is 2.24. The number of anilines is 1. The molecular weight excluding hydrogens is 380 g/mol. The van der Waals surface area contributed by atoms with Gasteiger partial charge in [0.15, 0.2) is 6.61 Å². The third-order valence-electron chi connectivity index (χ3n) is 4.17. The Morgan fingerprint density at radius 2 is 1.82 bits per heavy atom. The van der Waals surface area contributed by atoms with Gasteiger partial charge in [-0.1, -0.05) is 30.3 Å². The van der Waals surface area contributed by atoms with Crippen LogP contribution in [0.2, 0.25) is 0 Å². The second-order valence-corrected chi connectivity index (χ2v) is 6.88. The molecule has 0 saturated heterocycles. The van der Waals surface area contributed by atoms with Crippen LogP contribution in [-0.4, -0.2) is 48.0 Å². The van der Waals surface area contributed by atoms with Gasteiger partial charge >= 0.3 is 5.97 Å².